The molecule has 0 amide bonds. The molecule has 1 saturated heterocycles. The maximum atomic E-state index is 6.20. The second-order valence-corrected chi connectivity index (χ2v) is 5.17. The molecular formula is C11H21ClN2. The third-order valence-electron chi connectivity index (χ3n) is 3.28. The van der Waals surface area contributed by atoms with Crippen molar-refractivity contribution in [3.05, 3.63) is 0 Å². The van der Waals surface area contributed by atoms with Crippen molar-refractivity contribution in [1.82, 2.24) is 10.2 Å². The Morgan fingerprint density at radius 2 is 2.00 bits per heavy atom. The predicted octanol–water partition coefficient (Wildman–Crippen LogP) is 1.69. The van der Waals surface area contributed by atoms with Crippen molar-refractivity contribution in [2.45, 2.75) is 31.1 Å². The van der Waals surface area contributed by atoms with Crippen molar-refractivity contribution < 1.29 is 0 Å². The number of hydrogen-bond acceptors (Lipinski definition) is 2. The molecule has 2 rings (SSSR count). The average molecular weight is 217 g/mol. The fourth-order valence-corrected chi connectivity index (χ4v) is 2.47. The number of nitrogens with zero attached hydrogens (tertiary/aromatic N) is 1. The van der Waals surface area contributed by atoms with Crippen LogP contribution < -0.4 is 5.32 Å². The lowest BCUT2D eigenvalue weighted by molar-refractivity contribution is 0.335. The van der Waals surface area contributed by atoms with Crippen LogP contribution in [-0.4, -0.2) is 43.0 Å². The normalized spacial score (nSPS) is 25.5. The van der Waals surface area contributed by atoms with E-state index in [9.17, 15) is 0 Å². The van der Waals surface area contributed by atoms with E-state index in [1.165, 1.54) is 45.3 Å². The van der Waals surface area contributed by atoms with Gasteiger partial charge in [-0.2, -0.15) is 0 Å². The van der Waals surface area contributed by atoms with Gasteiger partial charge in [-0.15, -0.1) is 11.6 Å². The lowest BCUT2D eigenvalue weighted by Gasteiger charge is -2.15. The van der Waals surface area contributed by atoms with Gasteiger partial charge in [0.15, 0.2) is 0 Å². The molecule has 1 N–H and O–H groups in total. The number of rotatable bonds is 6. The summed E-state index contributed by atoms with van der Waals surface area (Å²) in [7, 11) is 0. The molecule has 0 bridgehead atoms. The summed E-state index contributed by atoms with van der Waals surface area (Å²) in [6, 6.07) is 0. The molecule has 1 atom stereocenters. The minimum Gasteiger partial charge on any atom is -0.314 e. The standard InChI is InChI=1S/C11H21ClN2/c12-11(10-3-4-10)9-13-5-8-14-6-1-2-7-14/h10-11,13H,1-9H2. The third kappa shape index (κ3) is 3.41. The van der Waals surface area contributed by atoms with E-state index in [2.05, 4.69) is 10.2 Å². The largest absolute Gasteiger partial charge is 0.314 e. The molecule has 0 spiro atoms. The van der Waals surface area contributed by atoms with Crippen molar-refractivity contribution in [3.8, 4) is 0 Å². The van der Waals surface area contributed by atoms with Gasteiger partial charge in [0.2, 0.25) is 0 Å². The SMILES string of the molecule is ClC(CNCCN1CCCC1)C1CC1. The van der Waals surface area contributed by atoms with Crippen LogP contribution >= 0.6 is 11.6 Å². The Labute approximate surface area is 92.0 Å². The van der Waals surface area contributed by atoms with E-state index < -0.39 is 0 Å². The number of hydrogen-bond donors (Lipinski definition) is 1. The van der Waals surface area contributed by atoms with Crippen molar-refractivity contribution in [2.75, 3.05) is 32.7 Å². The highest BCUT2D eigenvalue weighted by molar-refractivity contribution is 6.21. The van der Waals surface area contributed by atoms with Gasteiger partial charge in [-0.1, -0.05) is 0 Å². The Kier molecular flexibility index (Phi) is 4.09. The molecule has 2 fully saturated rings. The average Bonchev–Trinajstić information content (AvgIpc) is 2.92. The molecule has 1 aliphatic heterocycles. The highest BCUT2D eigenvalue weighted by atomic mass is 35.5. The number of nitrogens with one attached hydrogen (secondary N) is 1. The van der Waals surface area contributed by atoms with Gasteiger partial charge in [-0.25, -0.2) is 0 Å². The van der Waals surface area contributed by atoms with Gasteiger partial charge in [-0.3, -0.25) is 0 Å². The Bertz CT molecular complexity index is 161. The summed E-state index contributed by atoms with van der Waals surface area (Å²) >= 11 is 6.20. The van der Waals surface area contributed by atoms with Crippen LogP contribution in [-0.2, 0) is 0 Å². The first-order valence-corrected chi connectivity index (χ1v) is 6.37. The van der Waals surface area contributed by atoms with Crippen molar-refractivity contribution in [3.63, 3.8) is 0 Å². The second kappa shape index (κ2) is 5.34. The second-order valence-electron chi connectivity index (χ2n) is 4.61. The maximum absolute atomic E-state index is 6.20. The van der Waals surface area contributed by atoms with Crippen molar-refractivity contribution >= 4 is 11.6 Å². The first-order chi connectivity index (χ1) is 6.86. The van der Waals surface area contributed by atoms with Crippen LogP contribution in [0.5, 0.6) is 0 Å². The summed E-state index contributed by atoms with van der Waals surface area (Å²) in [6.07, 6.45) is 5.48. The zero-order chi connectivity index (χ0) is 9.80. The summed E-state index contributed by atoms with van der Waals surface area (Å²) in [4.78, 5) is 2.54. The van der Waals surface area contributed by atoms with E-state index in [-0.39, 0.29) is 0 Å². The molecular weight excluding hydrogens is 196 g/mol. The van der Waals surface area contributed by atoms with Gasteiger partial charge in [0.1, 0.15) is 0 Å². The fourth-order valence-electron chi connectivity index (χ4n) is 2.11. The van der Waals surface area contributed by atoms with E-state index in [0.29, 0.717) is 5.38 Å². The maximum Gasteiger partial charge on any atom is 0.0488 e. The smallest absolute Gasteiger partial charge is 0.0488 e. The molecule has 0 aromatic carbocycles. The van der Waals surface area contributed by atoms with Gasteiger partial charge in [0.05, 0.1) is 0 Å². The van der Waals surface area contributed by atoms with Crippen LogP contribution in [0.3, 0.4) is 0 Å². The monoisotopic (exact) mass is 216 g/mol. The van der Waals surface area contributed by atoms with Crippen LogP contribution in [0.15, 0.2) is 0 Å². The first kappa shape index (κ1) is 10.7. The van der Waals surface area contributed by atoms with Gasteiger partial charge in [-0.05, 0) is 44.7 Å². The minimum absolute atomic E-state index is 0.383. The molecule has 1 heterocycles. The summed E-state index contributed by atoms with van der Waals surface area (Å²) in [5, 5.41) is 3.84. The highest BCUT2D eigenvalue weighted by Crippen LogP contribution is 2.35. The topological polar surface area (TPSA) is 15.3 Å². The van der Waals surface area contributed by atoms with Crippen LogP contribution in [0.1, 0.15) is 25.7 Å². The Hall–Kier alpha value is 0.210. The number of halogens is 1. The van der Waals surface area contributed by atoms with Gasteiger partial charge in [0, 0.05) is 25.0 Å². The fraction of sp³-hybridized carbons (Fsp3) is 1.00. The van der Waals surface area contributed by atoms with E-state index in [1.54, 1.807) is 0 Å². The van der Waals surface area contributed by atoms with E-state index in [0.717, 1.165) is 19.0 Å². The van der Waals surface area contributed by atoms with Gasteiger partial charge >= 0.3 is 0 Å². The van der Waals surface area contributed by atoms with Crippen LogP contribution in [0.2, 0.25) is 0 Å². The van der Waals surface area contributed by atoms with Gasteiger partial charge in [0.25, 0.3) is 0 Å². The number of likely N-dealkylation sites (tertiary alicyclic amines) is 1. The highest BCUT2D eigenvalue weighted by Gasteiger charge is 2.29. The van der Waals surface area contributed by atoms with E-state index >= 15 is 0 Å². The quantitative estimate of drug-likeness (QED) is 0.537. The lowest BCUT2D eigenvalue weighted by Crippen LogP contribution is -2.33. The Balaban J connectivity index is 1.46. The summed E-state index contributed by atoms with van der Waals surface area (Å²) in [6.45, 7) is 5.91. The predicted molar refractivity (Wildman–Crippen MR) is 60.9 cm³/mol. The summed E-state index contributed by atoms with van der Waals surface area (Å²) in [5.41, 5.74) is 0. The molecule has 0 aromatic heterocycles. The van der Waals surface area contributed by atoms with Crippen molar-refractivity contribution in [1.29, 1.82) is 0 Å². The van der Waals surface area contributed by atoms with Crippen LogP contribution in [0.4, 0.5) is 0 Å². The summed E-state index contributed by atoms with van der Waals surface area (Å²) in [5.74, 6) is 0.816. The Morgan fingerprint density at radius 1 is 1.29 bits per heavy atom. The molecule has 1 aliphatic carbocycles. The van der Waals surface area contributed by atoms with Crippen LogP contribution in [0.25, 0.3) is 0 Å². The van der Waals surface area contributed by atoms with E-state index in [1.807, 2.05) is 0 Å². The zero-order valence-corrected chi connectivity index (χ0v) is 9.60. The number of alkyl halides is 1. The molecule has 2 nitrogen and oxygen atoms in total. The molecule has 14 heavy (non-hydrogen) atoms. The van der Waals surface area contributed by atoms with Gasteiger partial charge < -0.3 is 10.2 Å². The lowest BCUT2D eigenvalue weighted by atomic mass is 10.3. The molecule has 3 heteroatoms. The minimum atomic E-state index is 0.383. The molecule has 0 aromatic rings. The van der Waals surface area contributed by atoms with Crippen LogP contribution in [0, 0.1) is 5.92 Å². The zero-order valence-electron chi connectivity index (χ0n) is 8.84. The third-order valence-corrected chi connectivity index (χ3v) is 3.79. The first-order valence-electron chi connectivity index (χ1n) is 5.93. The molecule has 2 aliphatic rings. The Morgan fingerprint density at radius 3 is 2.64 bits per heavy atom. The van der Waals surface area contributed by atoms with E-state index in [4.69, 9.17) is 11.6 Å². The molecule has 1 saturated carbocycles. The molecule has 0 radical (unpaired) electrons. The molecule has 1 unspecified atom stereocenters. The summed E-state index contributed by atoms with van der Waals surface area (Å²) < 4.78 is 0. The van der Waals surface area contributed by atoms with Crippen molar-refractivity contribution in [2.24, 2.45) is 5.92 Å². The molecule has 82 valence electrons.